The van der Waals surface area contributed by atoms with Crippen molar-refractivity contribution in [2.45, 2.75) is 32.8 Å². The van der Waals surface area contributed by atoms with Gasteiger partial charge in [0.15, 0.2) is 0 Å². The first-order valence-corrected chi connectivity index (χ1v) is 4.68. The Bertz CT molecular complexity index is 258. The minimum Gasteiger partial charge on any atom is -0.274 e. The van der Waals surface area contributed by atoms with Gasteiger partial charge in [-0.2, -0.15) is 0 Å². The van der Waals surface area contributed by atoms with E-state index in [1.165, 1.54) is 5.56 Å². The molecule has 2 heteroatoms. The Morgan fingerprint density at radius 2 is 1.69 bits per heavy atom. The van der Waals surface area contributed by atoms with Crippen molar-refractivity contribution in [1.82, 2.24) is 0 Å². The van der Waals surface area contributed by atoms with Crippen LogP contribution in [-0.4, -0.2) is 0 Å². The van der Waals surface area contributed by atoms with Gasteiger partial charge in [-0.1, -0.05) is 45.0 Å². The summed E-state index contributed by atoms with van der Waals surface area (Å²) in [7, 11) is 0. The summed E-state index contributed by atoms with van der Waals surface area (Å²) in [5.74, 6) is 0. The minimum absolute atomic E-state index is 0.209. The molecule has 0 saturated heterocycles. The summed E-state index contributed by atoms with van der Waals surface area (Å²) >= 11 is 5.17. The van der Waals surface area contributed by atoms with E-state index < -0.39 is 0 Å². The van der Waals surface area contributed by atoms with Gasteiger partial charge in [0.2, 0.25) is 0 Å². The molecular weight excluding hydrogens is 184 g/mol. The zero-order chi connectivity index (χ0) is 9.90. The van der Waals surface area contributed by atoms with E-state index in [1.807, 2.05) is 12.1 Å². The van der Waals surface area contributed by atoms with Crippen LogP contribution in [0.2, 0.25) is 0 Å². The van der Waals surface area contributed by atoms with E-state index in [-0.39, 0.29) is 5.41 Å². The second kappa shape index (κ2) is 4.12. The van der Waals surface area contributed by atoms with Crippen molar-refractivity contribution < 1.29 is 4.29 Å². The maximum Gasteiger partial charge on any atom is 0.0933 e. The highest BCUT2D eigenvalue weighted by Crippen LogP contribution is 2.22. The van der Waals surface area contributed by atoms with Gasteiger partial charge in [0.05, 0.1) is 18.5 Å². The quantitative estimate of drug-likeness (QED) is 0.705. The van der Waals surface area contributed by atoms with Crippen LogP contribution in [0.25, 0.3) is 0 Å². The average molecular weight is 199 g/mol. The van der Waals surface area contributed by atoms with Crippen molar-refractivity contribution in [3.8, 4) is 0 Å². The topological polar surface area (TPSA) is 9.23 Å². The lowest BCUT2D eigenvalue weighted by molar-refractivity contribution is 0.340. The number of halogens is 1. The molecule has 0 saturated carbocycles. The van der Waals surface area contributed by atoms with Crippen LogP contribution in [0.4, 0.5) is 0 Å². The van der Waals surface area contributed by atoms with E-state index in [0.717, 1.165) is 5.56 Å². The maximum atomic E-state index is 5.17. The van der Waals surface area contributed by atoms with E-state index in [2.05, 4.69) is 37.2 Å². The van der Waals surface area contributed by atoms with Gasteiger partial charge in [-0.25, -0.2) is 0 Å². The van der Waals surface area contributed by atoms with Crippen LogP contribution in [0.1, 0.15) is 31.9 Å². The summed E-state index contributed by atoms with van der Waals surface area (Å²) in [6.45, 7) is 7.05. The Kier molecular flexibility index (Phi) is 3.34. The zero-order valence-electron chi connectivity index (χ0n) is 8.30. The van der Waals surface area contributed by atoms with Gasteiger partial charge < -0.3 is 0 Å². The fourth-order valence-electron chi connectivity index (χ4n) is 1.16. The summed E-state index contributed by atoms with van der Waals surface area (Å²) in [5, 5.41) is 0. The predicted octanol–water partition coefficient (Wildman–Crippen LogP) is 3.65. The maximum absolute atomic E-state index is 5.17. The van der Waals surface area contributed by atoms with Gasteiger partial charge >= 0.3 is 0 Å². The van der Waals surface area contributed by atoms with Crippen molar-refractivity contribution in [3.63, 3.8) is 0 Å². The van der Waals surface area contributed by atoms with E-state index in [9.17, 15) is 0 Å². The molecule has 0 heterocycles. The first kappa shape index (κ1) is 10.6. The van der Waals surface area contributed by atoms with Crippen molar-refractivity contribution >= 4 is 11.9 Å². The second-order valence-electron chi connectivity index (χ2n) is 4.20. The number of benzene rings is 1. The molecule has 0 spiro atoms. The Morgan fingerprint density at radius 3 is 2.08 bits per heavy atom. The Morgan fingerprint density at radius 1 is 1.15 bits per heavy atom. The van der Waals surface area contributed by atoms with E-state index >= 15 is 0 Å². The number of rotatable bonds is 2. The Hall–Kier alpha value is -0.530. The molecular formula is C11H15ClO. The third-order valence-corrected chi connectivity index (χ3v) is 2.15. The van der Waals surface area contributed by atoms with Crippen molar-refractivity contribution in [2.24, 2.45) is 0 Å². The van der Waals surface area contributed by atoms with E-state index in [1.54, 1.807) is 0 Å². The highest BCUT2D eigenvalue weighted by molar-refractivity contribution is 6.07. The smallest absolute Gasteiger partial charge is 0.0933 e. The third kappa shape index (κ3) is 3.02. The summed E-state index contributed by atoms with van der Waals surface area (Å²) in [6, 6.07) is 8.32. The Labute approximate surface area is 84.8 Å². The largest absolute Gasteiger partial charge is 0.274 e. The van der Waals surface area contributed by atoms with Crippen molar-refractivity contribution in [3.05, 3.63) is 35.4 Å². The van der Waals surface area contributed by atoms with E-state index in [0.29, 0.717) is 6.61 Å². The standard InChI is InChI=1S/C11H15ClO/c1-11(2,3)10-6-4-9(5-7-10)8-13-12/h4-7H,8H2,1-3H3. The van der Waals surface area contributed by atoms with Gasteiger partial charge in [-0.3, -0.25) is 4.29 Å². The molecule has 0 N–H and O–H groups in total. The van der Waals surface area contributed by atoms with Gasteiger partial charge in [-0.15, -0.1) is 0 Å². The molecule has 1 rings (SSSR count). The lowest BCUT2D eigenvalue weighted by Crippen LogP contribution is -2.10. The van der Waals surface area contributed by atoms with Crippen LogP contribution in [0.5, 0.6) is 0 Å². The van der Waals surface area contributed by atoms with E-state index in [4.69, 9.17) is 11.9 Å². The van der Waals surface area contributed by atoms with Gasteiger partial charge in [0, 0.05) is 0 Å². The molecule has 1 aromatic carbocycles. The van der Waals surface area contributed by atoms with Crippen LogP contribution >= 0.6 is 11.9 Å². The molecule has 1 nitrogen and oxygen atoms in total. The first-order chi connectivity index (χ1) is 6.04. The number of hydrogen-bond acceptors (Lipinski definition) is 1. The zero-order valence-corrected chi connectivity index (χ0v) is 9.06. The van der Waals surface area contributed by atoms with Crippen molar-refractivity contribution in [2.75, 3.05) is 0 Å². The molecule has 1 aromatic rings. The molecule has 0 radical (unpaired) electrons. The molecule has 0 amide bonds. The highest BCUT2D eigenvalue weighted by atomic mass is 35.5. The molecule has 0 aliphatic carbocycles. The fraction of sp³-hybridized carbons (Fsp3) is 0.455. The van der Waals surface area contributed by atoms with Crippen LogP contribution in [0.15, 0.2) is 24.3 Å². The Balaban J connectivity index is 2.81. The second-order valence-corrected chi connectivity index (χ2v) is 4.42. The summed E-state index contributed by atoms with van der Waals surface area (Å²) in [6.07, 6.45) is 0. The molecule has 0 fully saturated rings. The summed E-state index contributed by atoms with van der Waals surface area (Å²) < 4.78 is 4.53. The normalized spacial score (nSPS) is 11.7. The lowest BCUT2D eigenvalue weighted by atomic mass is 9.87. The van der Waals surface area contributed by atoms with Gasteiger partial charge in [0.1, 0.15) is 0 Å². The fourth-order valence-corrected chi connectivity index (χ4v) is 1.29. The van der Waals surface area contributed by atoms with Crippen molar-refractivity contribution in [1.29, 1.82) is 0 Å². The lowest BCUT2D eigenvalue weighted by Gasteiger charge is -2.18. The summed E-state index contributed by atoms with van der Waals surface area (Å²) in [4.78, 5) is 0. The third-order valence-electron chi connectivity index (χ3n) is 2.04. The molecule has 0 aliphatic heterocycles. The molecule has 0 bridgehead atoms. The first-order valence-electron chi connectivity index (χ1n) is 4.37. The molecule has 0 aromatic heterocycles. The van der Waals surface area contributed by atoms with Crippen LogP contribution in [0.3, 0.4) is 0 Å². The monoisotopic (exact) mass is 198 g/mol. The van der Waals surface area contributed by atoms with Crippen LogP contribution in [-0.2, 0) is 16.3 Å². The minimum atomic E-state index is 0.209. The SMILES string of the molecule is CC(C)(C)c1ccc(COCl)cc1. The molecule has 0 aliphatic rings. The molecule has 0 unspecified atom stereocenters. The highest BCUT2D eigenvalue weighted by Gasteiger charge is 2.12. The van der Waals surface area contributed by atoms with Gasteiger partial charge in [0.25, 0.3) is 0 Å². The molecule has 0 atom stereocenters. The number of hydrogen-bond donors (Lipinski definition) is 0. The van der Waals surface area contributed by atoms with Gasteiger partial charge in [-0.05, 0) is 16.5 Å². The average Bonchev–Trinajstić information content (AvgIpc) is 2.04. The van der Waals surface area contributed by atoms with Crippen LogP contribution < -0.4 is 0 Å². The summed E-state index contributed by atoms with van der Waals surface area (Å²) in [5.41, 5.74) is 2.63. The molecule has 72 valence electrons. The molecule has 13 heavy (non-hydrogen) atoms. The predicted molar refractivity (Wildman–Crippen MR) is 55.8 cm³/mol. The van der Waals surface area contributed by atoms with Crippen LogP contribution in [0, 0.1) is 0 Å².